The molecule has 4 fully saturated rings. The van der Waals surface area contributed by atoms with Gasteiger partial charge in [-0.25, -0.2) is 4.39 Å². The Balaban J connectivity index is 1.07. The van der Waals surface area contributed by atoms with E-state index in [2.05, 4.69) is 20.4 Å². The van der Waals surface area contributed by atoms with E-state index < -0.39 is 0 Å². The fraction of sp³-hybridized carbons (Fsp3) is 0.484. The summed E-state index contributed by atoms with van der Waals surface area (Å²) >= 11 is 0. The van der Waals surface area contributed by atoms with Crippen molar-refractivity contribution in [3.8, 4) is 22.8 Å². The second kappa shape index (κ2) is 9.66. The van der Waals surface area contributed by atoms with Gasteiger partial charge in [0.25, 0.3) is 0 Å². The summed E-state index contributed by atoms with van der Waals surface area (Å²) in [6.45, 7) is 3.67. The molecule has 39 heavy (non-hydrogen) atoms. The Morgan fingerprint density at radius 1 is 0.974 bits per heavy atom. The predicted molar refractivity (Wildman–Crippen MR) is 149 cm³/mol. The Morgan fingerprint density at radius 3 is 2.46 bits per heavy atom. The zero-order valence-electron chi connectivity index (χ0n) is 22.2. The summed E-state index contributed by atoms with van der Waals surface area (Å²) in [5, 5.41) is 22.2. The molecule has 0 bridgehead atoms. The van der Waals surface area contributed by atoms with Crippen molar-refractivity contribution in [2.75, 3.05) is 36.8 Å². The first-order valence-electron chi connectivity index (χ1n) is 14.4. The number of aromatic hydroxyl groups is 1. The molecule has 2 aromatic carbocycles. The summed E-state index contributed by atoms with van der Waals surface area (Å²) < 4.78 is 20.9. The van der Waals surface area contributed by atoms with E-state index in [0.29, 0.717) is 40.6 Å². The van der Waals surface area contributed by atoms with Gasteiger partial charge in [-0.05, 0) is 111 Å². The molecule has 7 rings (SSSR count). The molecule has 7 nitrogen and oxygen atoms in total. The standard InChI is InChI=1S/C31H36FN5O2/c32-24-6-5-21(15-28(24)39-22-7-11-34-12-8-22)31-17-19-9-13-37(14-10-20(18-31)29(19)31)26-16-25(35-36-30(26)33)23-3-1-2-4-27(23)38/h1-6,15-16,19-20,22,29,34,38H,7-14,17-18H2,(H2,33,36)/t19-,20+,29?,31?. The van der Waals surface area contributed by atoms with Crippen molar-refractivity contribution in [3.05, 3.63) is 59.9 Å². The number of hydrogen-bond donors (Lipinski definition) is 3. The minimum atomic E-state index is -0.250. The van der Waals surface area contributed by atoms with Gasteiger partial charge in [0.2, 0.25) is 0 Å². The van der Waals surface area contributed by atoms with Gasteiger partial charge in [-0.2, -0.15) is 0 Å². The summed E-state index contributed by atoms with van der Waals surface area (Å²) in [5.41, 5.74) is 9.93. The number of para-hydroxylation sites is 1. The number of halogens is 1. The number of nitrogen functional groups attached to an aromatic ring is 1. The molecule has 0 spiro atoms. The monoisotopic (exact) mass is 529 g/mol. The number of rotatable bonds is 5. The highest BCUT2D eigenvalue weighted by atomic mass is 19.1. The van der Waals surface area contributed by atoms with Crippen LogP contribution < -0.4 is 20.7 Å². The second-order valence-electron chi connectivity index (χ2n) is 11.9. The Morgan fingerprint density at radius 2 is 1.72 bits per heavy atom. The van der Waals surface area contributed by atoms with Gasteiger partial charge in [-0.1, -0.05) is 18.2 Å². The third-order valence-corrected chi connectivity index (χ3v) is 9.85. The number of ether oxygens (including phenoxy) is 1. The van der Waals surface area contributed by atoms with Gasteiger partial charge in [0.1, 0.15) is 11.9 Å². The summed E-state index contributed by atoms with van der Waals surface area (Å²) in [7, 11) is 0. The lowest BCUT2D eigenvalue weighted by molar-refractivity contribution is -0.131. The third kappa shape index (κ3) is 4.20. The van der Waals surface area contributed by atoms with Gasteiger partial charge in [0.15, 0.2) is 17.4 Å². The van der Waals surface area contributed by atoms with Gasteiger partial charge in [0, 0.05) is 18.7 Å². The van der Waals surface area contributed by atoms with Crippen molar-refractivity contribution in [1.29, 1.82) is 0 Å². The summed E-state index contributed by atoms with van der Waals surface area (Å²) in [6.07, 6.45) is 6.41. The molecule has 0 amide bonds. The maximum absolute atomic E-state index is 14.7. The molecule has 3 aromatic rings. The van der Waals surface area contributed by atoms with Crippen molar-refractivity contribution >= 4 is 11.5 Å². The summed E-state index contributed by atoms with van der Waals surface area (Å²) in [5.74, 6) is 2.75. The number of phenolic OH excluding ortho intramolecular Hbond substituents is 1. The van der Waals surface area contributed by atoms with Gasteiger partial charge in [0.05, 0.1) is 11.4 Å². The molecule has 3 heterocycles. The van der Waals surface area contributed by atoms with Gasteiger partial charge in [-0.3, -0.25) is 0 Å². The van der Waals surface area contributed by atoms with Crippen LogP contribution >= 0.6 is 0 Å². The number of nitrogens with two attached hydrogens (primary N) is 1. The normalized spacial score (nSPS) is 28.4. The van der Waals surface area contributed by atoms with Crippen molar-refractivity contribution in [2.45, 2.75) is 50.0 Å². The van der Waals surface area contributed by atoms with E-state index >= 15 is 0 Å². The van der Waals surface area contributed by atoms with E-state index in [4.69, 9.17) is 10.5 Å². The van der Waals surface area contributed by atoms with Crippen molar-refractivity contribution in [3.63, 3.8) is 0 Å². The summed E-state index contributed by atoms with van der Waals surface area (Å²) in [6, 6.07) is 14.8. The maximum atomic E-state index is 14.7. The van der Waals surface area contributed by atoms with E-state index in [1.807, 2.05) is 30.3 Å². The smallest absolute Gasteiger partial charge is 0.169 e. The Kier molecular flexibility index (Phi) is 6.10. The molecule has 4 N–H and O–H groups in total. The number of nitrogens with zero attached hydrogens (tertiary/aromatic N) is 3. The molecule has 2 aliphatic carbocycles. The number of hydrogen-bond acceptors (Lipinski definition) is 7. The molecular formula is C31H36FN5O2. The molecule has 8 heteroatoms. The lowest BCUT2D eigenvalue weighted by Crippen LogP contribution is -2.65. The van der Waals surface area contributed by atoms with Crippen LogP contribution in [0.25, 0.3) is 11.3 Å². The van der Waals surface area contributed by atoms with Crippen LogP contribution in [0.1, 0.15) is 44.1 Å². The number of nitrogens with one attached hydrogen (secondary N) is 1. The molecule has 1 aromatic heterocycles. The minimum absolute atomic E-state index is 0.0886. The van der Waals surface area contributed by atoms with E-state index in [0.717, 1.165) is 70.4 Å². The molecule has 2 saturated heterocycles. The number of aromatic nitrogens is 2. The van der Waals surface area contributed by atoms with Crippen LogP contribution in [0.5, 0.6) is 11.5 Å². The van der Waals surface area contributed by atoms with E-state index in [1.54, 1.807) is 18.2 Å². The Bertz CT molecular complexity index is 1360. The molecule has 4 atom stereocenters. The fourth-order valence-corrected chi connectivity index (χ4v) is 7.96. The zero-order valence-corrected chi connectivity index (χ0v) is 22.2. The lowest BCUT2D eigenvalue weighted by Gasteiger charge is -2.69. The van der Waals surface area contributed by atoms with Gasteiger partial charge >= 0.3 is 0 Å². The molecule has 2 unspecified atom stereocenters. The average Bonchev–Trinajstić information content (AvgIpc) is 2.93. The lowest BCUT2D eigenvalue weighted by atomic mass is 9.35. The van der Waals surface area contributed by atoms with Crippen LogP contribution in [0.2, 0.25) is 0 Å². The molecular weight excluding hydrogens is 493 g/mol. The van der Waals surface area contributed by atoms with Gasteiger partial charge in [-0.15, -0.1) is 10.2 Å². The van der Waals surface area contributed by atoms with Crippen LogP contribution in [0, 0.1) is 23.6 Å². The zero-order chi connectivity index (χ0) is 26.6. The third-order valence-electron chi connectivity index (χ3n) is 9.85. The topological polar surface area (TPSA) is 96.5 Å². The number of piperidine rings is 1. The van der Waals surface area contributed by atoms with E-state index in [1.165, 1.54) is 5.56 Å². The number of anilines is 2. The molecule has 2 saturated carbocycles. The molecule has 2 aliphatic heterocycles. The fourth-order valence-electron chi connectivity index (χ4n) is 7.96. The SMILES string of the molecule is Nc1nnc(-c2ccccc2O)cc1N1CC[C@@H]2CC3(c4ccc(F)c(OC5CCNCC5)c4)C[C@H](CC1)C23. The highest BCUT2D eigenvalue weighted by molar-refractivity contribution is 5.74. The quantitative estimate of drug-likeness (QED) is 0.433. The molecule has 204 valence electrons. The van der Waals surface area contributed by atoms with Crippen LogP contribution in [-0.2, 0) is 5.41 Å². The predicted octanol–water partition coefficient (Wildman–Crippen LogP) is 4.90. The summed E-state index contributed by atoms with van der Waals surface area (Å²) in [4.78, 5) is 2.35. The van der Waals surface area contributed by atoms with Crippen molar-refractivity contribution in [1.82, 2.24) is 15.5 Å². The van der Waals surface area contributed by atoms with Crippen LogP contribution in [0.4, 0.5) is 15.9 Å². The van der Waals surface area contributed by atoms with Crippen molar-refractivity contribution in [2.24, 2.45) is 17.8 Å². The molecule has 0 radical (unpaired) electrons. The average molecular weight is 530 g/mol. The van der Waals surface area contributed by atoms with E-state index in [-0.39, 0.29) is 23.1 Å². The first kappa shape index (κ1) is 24.6. The minimum Gasteiger partial charge on any atom is -0.507 e. The first-order valence-corrected chi connectivity index (χ1v) is 14.4. The number of phenols is 1. The Labute approximate surface area is 228 Å². The Hall–Kier alpha value is -3.39. The van der Waals surface area contributed by atoms with Crippen LogP contribution in [0.15, 0.2) is 48.5 Å². The van der Waals surface area contributed by atoms with E-state index in [9.17, 15) is 9.50 Å². The second-order valence-corrected chi connectivity index (χ2v) is 11.9. The van der Waals surface area contributed by atoms with Crippen molar-refractivity contribution < 1.29 is 14.2 Å². The number of benzene rings is 2. The highest BCUT2D eigenvalue weighted by Gasteiger charge is 2.65. The first-order chi connectivity index (χ1) is 19.0. The van der Waals surface area contributed by atoms with Gasteiger partial charge < -0.3 is 25.8 Å². The molecule has 4 aliphatic rings. The van der Waals surface area contributed by atoms with Crippen LogP contribution in [0.3, 0.4) is 0 Å². The highest BCUT2D eigenvalue weighted by Crippen LogP contribution is 2.70. The largest absolute Gasteiger partial charge is 0.507 e. The van der Waals surface area contributed by atoms with Crippen LogP contribution in [-0.4, -0.2) is 47.6 Å². The maximum Gasteiger partial charge on any atom is 0.169 e.